The van der Waals surface area contributed by atoms with Crippen molar-refractivity contribution in [3.05, 3.63) is 42.0 Å². The van der Waals surface area contributed by atoms with Gasteiger partial charge in [-0.1, -0.05) is 30.9 Å². The van der Waals surface area contributed by atoms with E-state index in [1.54, 1.807) is 12.1 Å². The molecule has 0 heterocycles. The van der Waals surface area contributed by atoms with Gasteiger partial charge in [0.15, 0.2) is 0 Å². The van der Waals surface area contributed by atoms with Crippen molar-refractivity contribution in [2.45, 2.75) is 13.3 Å². The molecule has 0 bridgehead atoms. The van der Waals surface area contributed by atoms with Crippen LogP contribution in [0.2, 0.25) is 0 Å². The number of benzene rings is 1. The normalized spacial score (nSPS) is 9.94. The van der Waals surface area contributed by atoms with Gasteiger partial charge in [-0.25, -0.2) is 4.79 Å². The molecule has 17 heavy (non-hydrogen) atoms. The minimum absolute atomic E-state index is 0.308. The summed E-state index contributed by atoms with van der Waals surface area (Å²) in [4.78, 5) is 11.7. The van der Waals surface area contributed by atoms with E-state index in [1.807, 2.05) is 25.1 Å². The molecule has 3 nitrogen and oxygen atoms in total. The molecule has 92 valence electrons. The standard InChI is InChI=1S/C14H18O3/c1-3-12-8-5-6-9-13(12)14(15)17-11-7-10-16-4-2/h3,5-6,8-9H,1,4,7,10-11H2,2H3. The van der Waals surface area contributed by atoms with Gasteiger partial charge in [0.2, 0.25) is 0 Å². The molecule has 0 amide bonds. The summed E-state index contributed by atoms with van der Waals surface area (Å²) in [6.45, 7) is 7.29. The van der Waals surface area contributed by atoms with Crippen LogP contribution < -0.4 is 0 Å². The Balaban J connectivity index is 2.44. The summed E-state index contributed by atoms with van der Waals surface area (Å²) in [6.07, 6.45) is 2.37. The van der Waals surface area contributed by atoms with Crippen molar-refractivity contribution in [2.75, 3.05) is 19.8 Å². The number of hydrogen-bond acceptors (Lipinski definition) is 3. The predicted octanol–water partition coefficient (Wildman–Crippen LogP) is 2.91. The molecule has 0 aromatic heterocycles. The topological polar surface area (TPSA) is 35.5 Å². The number of esters is 1. The minimum Gasteiger partial charge on any atom is -0.462 e. The first-order chi connectivity index (χ1) is 8.29. The molecule has 0 saturated heterocycles. The van der Waals surface area contributed by atoms with Crippen LogP contribution in [0.15, 0.2) is 30.8 Å². The summed E-state index contributed by atoms with van der Waals surface area (Å²) in [6, 6.07) is 7.25. The van der Waals surface area contributed by atoms with Crippen molar-refractivity contribution >= 4 is 12.0 Å². The third-order valence-corrected chi connectivity index (χ3v) is 2.27. The molecule has 0 aliphatic heterocycles. The maximum Gasteiger partial charge on any atom is 0.338 e. The lowest BCUT2D eigenvalue weighted by Crippen LogP contribution is -2.09. The largest absolute Gasteiger partial charge is 0.462 e. The van der Waals surface area contributed by atoms with Crippen LogP contribution in [0.3, 0.4) is 0 Å². The van der Waals surface area contributed by atoms with Gasteiger partial charge in [-0.15, -0.1) is 0 Å². The molecule has 1 aromatic rings. The van der Waals surface area contributed by atoms with Crippen molar-refractivity contribution in [1.29, 1.82) is 0 Å². The number of ether oxygens (including phenoxy) is 2. The van der Waals surface area contributed by atoms with Crippen LogP contribution in [0.1, 0.15) is 29.3 Å². The highest BCUT2D eigenvalue weighted by Gasteiger charge is 2.09. The maximum atomic E-state index is 11.7. The van der Waals surface area contributed by atoms with Gasteiger partial charge in [0.25, 0.3) is 0 Å². The van der Waals surface area contributed by atoms with E-state index in [2.05, 4.69) is 6.58 Å². The zero-order valence-corrected chi connectivity index (χ0v) is 10.1. The third kappa shape index (κ3) is 4.41. The second-order valence-electron chi connectivity index (χ2n) is 3.48. The van der Waals surface area contributed by atoms with Crippen LogP contribution in [-0.2, 0) is 9.47 Å². The molecule has 0 unspecified atom stereocenters. The van der Waals surface area contributed by atoms with Gasteiger partial charge < -0.3 is 9.47 Å². The zero-order chi connectivity index (χ0) is 12.5. The van der Waals surface area contributed by atoms with Gasteiger partial charge in [0.05, 0.1) is 12.2 Å². The monoisotopic (exact) mass is 234 g/mol. The van der Waals surface area contributed by atoms with Gasteiger partial charge in [-0.2, -0.15) is 0 Å². The lowest BCUT2D eigenvalue weighted by atomic mass is 10.1. The number of carbonyl (C=O) groups is 1. The summed E-state index contributed by atoms with van der Waals surface area (Å²) >= 11 is 0. The highest BCUT2D eigenvalue weighted by Crippen LogP contribution is 2.11. The van der Waals surface area contributed by atoms with E-state index < -0.39 is 0 Å². The Morgan fingerprint density at radius 2 is 2.12 bits per heavy atom. The SMILES string of the molecule is C=Cc1ccccc1C(=O)OCCCOCC. The van der Waals surface area contributed by atoms with Gasteiger partial charge in [-0.05, 0) is 18.6 Å². The molecule has 0 fully saturated rings. The molecule has 0 saturated carbocycles. The van der Waals surface area contributed by atoms with E-state index in [0.29, 0.717) is 25.4 Å². The molecule has 1 rings (SSSR count). The summed E-state index contributed by atoms with van der Waals surface area (Å²) in [5.74, 6) is -0.308. The average molecular weight is 234 g/mol. The number of rotatable bonds is 7. The Hall–Kier alpha value is -1.61. The lowest BCUT2D eigenvalue weighted by molar-refractivity contribution is 0.0452. The van der Waals surface area contributed by atoms with Gasteiger partial charge in [0, 0.05) is 19.6 Å². The Bertz CT molecular complexity index is 371. The molecule has 0 atom stereocenters. The van der Waals surface area contributed by atoms with Crippen LogP contribution in [0.25, 0.3) is 6.08 Å². The fourth-order valence-electron chi connectivity index (χ4n) is 1.41. The molecule has 0 spiro atoms. The van der Waals surface area contributed by atoms with Crippen LogP contribution in [0, 0.1) is 0 Å². The molecular weight excluding hydrogens is 216 g/mol. The van der Waals surface area contributed by atoms with E-state index in [4.69, 9.17) is 9.47 Å². The number of carbonyl (C=O) groups excluding carboxylic acids is 1. The van der Waals surface area contributed by atoms with Crippen molar-refractivity contribution < 1.29 is 14.3 Å². The van der Waals surface area contributed by atoms with Crippen molar-refractivity contribution in [2.24, 2.45) is 0 Å². The van der Waals surface area contributed by atoms with E-state index >= 15 is 0 Å². The van der Waals surface area contributed by atoms with Crippen LogP contribution in [0.5, 0.6) is 0 Å². The predicted molar refractivity (Wildman–Crippen MR) is 67.9 cm³/mol. The molecule has 0 radical (unpaired) electrons. The molecule has 1 aromatic carbocycles. The van der Waals surface area contributed by atoms with Crippen molar-refractivity contribution in [3.63, 3.8) is 0 Å². The van der Waals surface area contributed by atoms with Crippen LogP contribution >= 0.6 is 0 Å². The van der Waals surface area contributed by atoms with Gasteiger partial charge in [-0.3, -0.25) is 0 Å². The molecule has 0 aliphatic carbocycles. The lowest BCUT2D eigenvalue weighted by Gasteiger charge is -2.07. The molecule has 0 aliphatic rings. The fraction of sp³-hybridized carbons (Fsp3) is 0.357. The third-order valence-electron chi connectivity index (χ3n) is 2.27. The Morgan fingerprint density at radius 1 is 1.35 bits per heavy atom. The van der Waals surface area contributed by atoms with Gasteiger partial charge in [0.1, 0.15) is 0 Å². The minimum atomic E-state index is -0.308. The zero-order valence-electron chi connectivity index (χ0n) is 10.1. The fourth-order valence-corrected chi connectivity index (χ4v) is 1.41. The van der Waals surface area contributed by atoms with E-state index in [1.165, 1.54) is 0 Å². The molecule has 3 heteroatoms. The first-order valence-corrected chi connectivity index (χ1v) is 5.76. The van der Waals surface area contributed by atoms with Crippen LogP contribution in [-0.4, -0.2) is 25.8 Å². The van der Waals surface area contributed by atoms with Crippen molar-refractivity contribution in [3.8, 4) is 0 Å². The highest BCUT2D eigenvalue weighted by molar-refractivity contribution is 5.93. The van der Waals surface area contributed by atoms with E-state index in [9.17, 15) is 4.79 Å². The Labute approximate surface area is 102 Å². The van der Waals surface area contributed by atoms with Gasteiger partial charge >= 0.3 is 5.97 Å². The number of hydrogen-bond donors (Lipinski definition) is 0. The van der Waals surface area contributed by atoms with Crippen molar-refractivity contribution in [1.82, 2.24) is 0 Å². The summed E-state index contributed by atoms with van der Waals surface area (Å²) in [5, 5.41) is 0. The highest BCUT2D eigenvalue weighted by atomic mass is 16.5. The first kappa shape index (κ1) is 13.5. The maximum absolute atomic E-state index is 11.7. The summed E-state index contributed by atoms with van der Waals surface area (Å²) in [7, 11) is 0. The van der Waals surface area contributed by atoms with E-state index in [-0.39, 0.29) is 5.97 Å². The first-order valence-electron chi connectivity index (χ1n) is 5.76. The van der Waals surface area contributed by atoms with E-state index in [0.717, 1.165) is 12.0 Å². The quantitative estimate of drug-likeness (QED) is 0.537. The Kier molecular flexibility index (Phi) is 6.04. The summed E-state index contributed by atoms with van der Waals surface area (Å²) in [5.41, 5.74) is 1.35. The smallest absolute Gasteiger partial charge is 0.338 e. The Morgan fingerprint density at radius 3 is 2.82 bits per heavy atom. The second kappa shape index (κ2) is 7.63. The summed E-state index contributed by atoms with van der Waals surface area (Å²) < 4.78 is 10.3. The molecule has 0 N–H and O–H groups in total. The van der Waals surface area contributed by atoms with Crippen LogP contribution in [0.4, 0.5) is 0 Å². The molecular formula is C14H18O3. The second-order valence-corrected chi connectivity index (χ2v) is 3.48. The average Bonchev–Trinajstić information content (AvgIpc) is 2.38.